The second-order valence-corrected chi connectivity index (χ2v) is 5.82. The van der Waals surface area contributed by atoms with Crippen molar-refractivity contribution in [1.29, 1.82) is 0 Å². The first-order valence-electron chi connectivity index (χ1n) is 8.05. The Hall–Kier alpha value is -3.02. The predicted octanol–water partition coefficient (Wildman–Crippen LogP) is 2.65. The number of hydrogen-bond acceptors (Lipinski definition) is 4. The molecule has 2 N–H and O–H groups in total. The van der Waals surface area contributed by atoms with E-state index in [0.717, 1.165) is 5.56 Å². The summed E-state index contributed by atoms with van der Waals surface area (Å²) in [5.74, 6) is -1.27. The molecule has 1 aliphatic rings. The van der Waals surface area contributed by atoms with E-state index in [4.69, 9.17) is 9.47 Å². The summed E-state index contributed by atoms with van der Waals surface area (Å²) in [5, 5.41) is 12.2. The van der Waals surface area contributed by atoms with Crippen molar-refractivity contribution in [2.75, 3.05) is 13.2 Å². The molecule has 0 aliphatic carbocycles. The van der Waals surface area contributed by atoms with Crippen LogP contribution < -0.4 is 14.8 Å². The Morgan fingerprint density at radius 1 is 1.04 bits per heavy atom. The maximum Gasteiger partial charge on any atom is 0.308 e. The van der Waals surface area contributed by atoms with Gasteiger partial charge in [-0.1, -0.05) is 36.4 Å². The molecule has 2 aromatic carbocycles. The first-order valence-corrected chi connectivity index (χ1v) is 8.05. The number of amides is 1. The highest BCUT2D eigenvalue weighted by Crippen LogP contribution is 2.34. The third kappa shape index (κ3) is 3.57. The lowest BCUT2D eigenvalue weighted by Crippen LogP contribution is -2.36. The standard InChI is InChI=1S/C19H19NO5/c1-12(19(22)23)16(13-6-3-2-4-7-13)20-18(21)14-8-5-9-15-17(14)25-11-10-24-15/h2-9,12,16H,10-11H2,1H3,(H,20,21)(H,22,23). The number of hydrogen-bond donors (Lipinski definition) is 2. The summed E-state index contributed by atoms with van der Waals surface area (Å²) < 4.78 is 11.1. The largest absolute Gasteiger partial charge is 0.486 e. The molecule has 1 amide bonds. The Labute approximate surface area is 145 Å². The maximum atomic E-state index is 12.8. The number of nitrogens with one attached hydrogen (secondary N) is 1. The highest BCUT2D eigenvalue weighted by atomic mass is 16.6. The number of carboxylic acids is 1. The van der Waals surface area contributed by atoms with Crippen molar-refractivity contribution in [3.8, 4) is 11.5 Å². The Morgan fingerprint density at radius 3 is 2.48 bits per heavy atom. The molecule has 0 fully saturated rings. The van der Waals surface area contributed by atoms with Gasteiger partial charge in [0.15, 0.2) is 11.5 Å². The van der Waals surface area contributed by atoms with Gasteiger partial charge in [0.05, 0.1) is 17.5 Å². The van der Waals surface area contributed by atoms with Gasteiger partial charge in [0, 0.05) is 0 Å². The van der Waals surface area contributed by atoms with Gasteiger partial charge >= 0.3 is 5.97 Å². The van der Waals surface area contributed by atoms with Gasteiger partial charge in [0.25, 0.3) is 5.91 Å². The van der Waals surface area contributed by atoms with Gasteiger partial charge in [-0.25, -0.2) is 0 Å². The molecule has 0 bridgehead atoms. The van der Waals surface area contributed by atoms with Crippen molar-refractivity contribution in [2.24, 2.45) is 5.92 Å². The number of carbonyl (C=O) groups excluding carboxylic acids is 1. The zero-order valence-corrected chi connectivity index (χ0v) is 13.8. The molecule has 0 radical (unpaired) electrons. The molecule has 3 rings (SSSR count). The molecular formula is C19H19NO5. The smallest absolute Gasteiger partial charge is 0.308 e. The third-order valence-electron chi connectivity index (χ3n) is 4.15. The van der Waals surface area contributed by atoms with Crippen LogP contribution in [0.2, 0.25) is 0 Å². The summed E-state index contributed by atoms with van der Waals surface area (Å²) in [6.07, 6.45) is 0. The SMILES string of the molecule is CC(C(=O)O)C(NC(=O)c1cccc2c1OCCO2)c1ccccc1. The molecule has 6 heteroatoms. The molecule has 0 saturated carbocycles. The molecule has 0 spiro atoms. The second-order valence-electron chi connectivity index (χ2n) is 5.82. The van der Waals surface area contributed by atoms with Crippen molar-refractivity contribution in [2.45, 2.75) is 13.0 Å². The van der Waals surface area contributed by atoms with Crippen molar-refractivity contribution >= 4 is 11.9 Å². The Balaban J connectivity index is 1.90. The van der Waals surface area contributed by atoms with E-state index in [1.54, 1.807) is 37.3 Å². The first-order chi connectivity index (χ1) is 12.1. The van der Waals surface area contributed by atoms with Gasteiger partial charge in [-0.3, -0.25) is 9.59 Å². The van der Waals surface area contributed by atoms with E-state index < -0.39 is 23.8 Å². The topological polar surface area (TPSA) is 84.9 Å². The molecule has 1 aliphatic heterocycles. The van der Waals surface area contributed by atoms with Gasteiger partial charge in [-0.2, -0.15) is 0 Å². The number of benzene rings is 2. The van der Waals surface area contributed by atoms with E-state index in [2.05, 4.69) is 5.32 Å². The van der Waals surface area contributed by atoms with Crippen molar-refractivity contribution < 1.29 is 24.2 Å². The average molecular weight is 341 g/mol. The van der Waals surface area contributed by atoms with E-state index in [9.17, 15) is 14.7 Å². The summed E-state index contributed by atoms with van der Waals surface area (Å²) in [7, 11) is 0. The van der Waals surface area contributed by atoms with E-state index >= 15 is 0 Å². The van der Waals surface area contributed by atoms with Gasteiger partial charge < -0.3 is 19.9 Å². The van der Waals surface area contributed by atoms with Crippen LogP contribution in [-0.4, -0.2) is 30.2 Å². The predicted molar refractivity (Wildman–Crippen MR) is 90.9 cm³/mol. The minimum absolute atomic E-state index is 0.329. The Kier molecular flexibility index (Phi) is 4.88. The molecule has 2 aromatic rings. The second kappa shape index (κ2) is 7.25. The average Bonchev–Trinajstić information content (AvgIpc) is 2.65. The number of carbonyl (C=O) groups is 2. The lowest BCUT2D eigenvalue weighted by Gasteiger charge is -2.25. The number of rotatable bonds is 5. The Bertz CT molecular complexity index is 775. The lowest BCUT2D eigenvalue weighted by molar-refractivity contribution is -0.142. The summed E-state index contributed by atoms with van der Waals surface area (Å²) in [6.45, 7) is 2.37. The normalized spacial score (nSPS) is 15.1. The summed E-state index contributed by atoms with van der Waals surface area (Å²) in [4.78, 5) is 24.3. The van der Waals surface area contributed by atoms with E-state index in [-0.39, 0.29) is 0 Å². The fraction of sp³-hybridized carbons (Fsp3) is 0.263. The summed E-state index contributed by atoms with van der Waals surface area (Å²) in [5.41, 5.74) is 1.06. The van der Waals surface area contributed by atoms with Crippen LogP contribution in [0.1, 0.15) is 28.9 Å². The number of carboxylic acid groups (broad SMARTS) is 1. The quantitative estimate of drug-likeness (QED) is 0.873. The fourth-order valence-corrected chi connectivity index (χ4v) is 2.77. The van der Waals surface area contributed by atoms with Gasteiger partial charge in [0.1, 0.15) is 13.2 Å². The van der Waals surface area contributed by atoms with E-state index in [0.29, 0.717) is 30.3 Å². The molecule has 1 heterocycles. The van der Waals surface area contributed by atoms with Gasteiger partial charge in [0.2, 0.25) is 0 Å². The van der Waals surface area contributed by atoms with Crippen LogP contribution in [0.3, 0.4) is 0 Å². The highest BCUT2D eigenvalue weighted by Gasteiger charge is 2.29. The number of fused-ring (bicyclic) bond motifs is 1. The molecule has 0 aromatic heterocycles. The number of para-hydroxylation sites is 1. The lowest BCUT2D eigenvalue weighted by atomic mass is 9.94. The fourth-order valence-electron chi connectivity index (χ4n) is 2.77. The van der Waals surface area contributed by atoms with Crippen molar-refractivity contribution in [3.63, 3.8) is 0 Å². The maximum absolute atomic E-state index is 12.8. The van der Waals surface area contributed by atoms with Crippen LogP contribution in [0.25, 0.3) is 0 Å². The first kappa shape index (κ1) is 16.8. The molecule has 25 heavy (non-hydrogen) atoms. The Morgan fingerprint density at radius 2 is 1.76 bits per heavy atom. The summed E-state index contributed by atoms with van der Waals surface area (Å²) >= 11 is 0. The zero-order chi connectivity index (χ0) is 17.8. The van der Waals surface area contributed by atoms with Crippen LogP contribution in [-0.2, 0) is 4.79 Å². The van der Waals surface area contributed by atoms with Crippen LogP contribution >= 0.6 is 0 Å². The van der Waals surface area contributed by atoms with Crippen LogP contribution in [0.5, 0.6) is 11.5 Å². The highest BCUT2D eigenvalue weighted by molar-refractivity contribution is 5.98. The van der Waals surface area contributed by atoms with E-state index in [1.807, 2.05) is 18.2 Å². The van der Waals surface area contributed by atoms with Gasteiger partial charge in [-0.05, 0) is 24.6 Å². The molecule has 130 valence electrons. The van der Waals surface area contributed by atoms with Gasteiger partial charge in [-0.15, -0.1) is 0 Å². The molecule has 6 nitrogen and oxygen atoms in total. The van der Waals surface area contributed by atoms with E-state index in [1.165, 1.54) is 0 Å². The monoisotopic (exact) mass is 341 g/mol. The number of aliphatic carboxylic acids is 1. The van der Waals surface area contributed by atoms with Crippen molar-refractivity contribution in [3.05, 3.63) is 59.7 Å². The molecule has 0 saturated heterocycles. The number of ether oxygens (including phenoxy) is 2. The molecule has 2 atom stereocenters. The third-order valence-corrected chi connectivity index (χ3v) is 4.15. The summed E-state index contributed by atoms with van der Waals surface area (Å²) in [6, 6.07) is 13.5. The van der Waals surface area contributed by atoms with Crippen LogP contribution in [0, 0.1) is 5.92 Å². The molecular weight excluding hydrogens is 322 g/mol. The minimum Gasteiger partial charge on any atom is -0.486 e. The minimum atomic E-state index is -0.983. The zero-order valence-electron chi connectivity index (χ0n) is 13.8. The van der Waals surface area contributed by atoms with Crippen molar-refractivity contribution in [1.82, 2.24) is 5.32 Å². The van der Waals surface area contributed by atoms with Crippen LogP contribution in [0.15, 0.2) is 48.5 Å². The molecule has 2 unspecified atom stereocenters. The van der Waals surface area contributed by atoms with Crippen LogP contribution in [0.4, 0.5) is 0 Å².